The Labute approximate surface area is 72.2 Å². The van der Waals surface area contributed by atoms with Gasteiger partial charge >= 0.3 is 0 Å². The van der Waals surface area contributed by atoms with Crippen LogP contribution >= 0.6 is 0 Å². The van der Waals surface area contributed by atoms with Crippen LogP contribution < -0.4 is 5.73 Å². The van der Waals surface area contributed by atoms with E-state index in [2.05, 4.69) is 0 Å². The van der Waals surface area contributed by atoms with E-state index in [1.54, 1.807) is 19.9 Å². The minimum Gasteiger partial charge on any atom is -0.463 e. The first-order valence-corrected chi connectivity index (χ1v) is 3.99. The van der Waals surface area contributed by atoms with Crippen molar-refractivity contribution < 1.29 is 9.52 Å². The van der Waals surface area contributed by atoms with Gasteiger partial charge in [0.25, 0.3) is 0 Å². The van der Waals surface area contributed by atoms with E-state index in [1.807, 2.05) is 13.0 Å². The van der Waals surface area contributed by atoms with E-state index in [0.29, 0.717) is 5.76 Å². The van der Waals surface area contributed by atoms with Crippen LogP contribution in [0.5, 0.6) is 0 Å². The van der Waals surface area contributed by atoms with Crippen LogP contribution in [0.3, 0.4) is 0 Å². The summed E-state index contributed by atoms with van der Waals surface area (Å²) in [6, 6.07) is 3.22. The smallest absolute Gasteiger partial charge is 0.137 e. The first-order chi connectivity index (χ1) is 5.44. The summed E-state index contributed by atoms with van der Waals surface area (Å²) in [6.45, 7) is 5.23. The highest BCUT2D eigenvalue weighted by atomic mass is 16.4. The number of hydrogen-bond donors (Lipinski definition) is 2. The number of aryl methyl sites for hydroxylation is 1. The van der Waals surface area contributed by atoms with Gasteiger partial charge in [-0.3, -0.25) is 0 Å². The van der Waals surface area contributed by atoms with Gasteiger partial charge in [0, 0.05) is 6.04 Å². The van der Waals surface area contributed by atoms with E-state index in [0.717, 1.165) is 5.76 Å². The fraction of sp³-hybridized carbons (Fsp3) is 0.556. The average Bonchev–Trinajstić information content (AvgIpc) is 2.35. The Hall–Kier alpha value is -0.800. The second-order valence-electron chi connectivity index (χ2n) is 3.35. The highest BCUT2D eigenvalue weighted by Crippen LogP contribution is 2.24. The largest absolute Gasteiger partial charge is 0.463 e. The first-order valence-electron chi connectivity index (χ1n) is 3.99. The Morgan fingerprint density at radius 1 is 1.58 bits per heavy atom. The van der Waals surface area contributed by atoms with Crippen molar-refractivity contribution in [1.29, 1.82) is 0 Å². The summed E-state index contributed by atoms with van der Waals surface area (Å²) in [4.78, 5) is 0. The van der Waals surface area contributed by atoms with Gasteiger partial charge in [0.05, 0.1) is 0 Å². The second kappa shape index (κ2) is 2.92. The van der Waals surface area contributed by atoms with E-state index in [9.17, 15) is 5.11 Å². The lowest BCUT2D eigenvalue weighted by Crippen LogP contribution is -2.40. The van der Waals surface area contributed by atoms with Crippen LogP contribution in [0.2, 0.25) is 0 Å². The quantitative estimate of drug-likeness (QED) is 0.698. The molecule has 0 radical (unpaired) electrons. The molecule has 0 saturated carbocycles. The van der Waals surface area contributed by atoms with Crippen molar-refractivity contribution in [3.05, 3.63) is 23.7 Å². The third kappa shape index (κ3) is 1.52. The molecule has 0 aliphatic carbocycles. The summed E-state index contributed by atoms with van der Waals surface area (Å²) in [6.07, 6.45) is 0. The molecule has 0 bridgehead atoms. The third-order valence-corrected chi connectivity index (χ3v) is 2.13. The Kier molecular flexibility index (Phi) is 2.26. The molecule has 0 amide bonds. The zero-order valence-electron chi connectivity index (χ0n) is 7.66. The molecule has 0 aliphatic rings. The lowest BCUT2D eigenvalue weighted by atomic mass is 9.96. The van der Waals surface area contributed by atoms with Gasteiger partial charge in [-0.15, -0.1) is 0 Å². The molecule has 3 N–H and O–H groups in total. The highest BCUT2D eigenvalue weighted by Gasteiger charge is 2.30. The van der Waals surface area contributed by atoms with Crippen molar-refractivity contribution >= 4 is 0 Å². The maximum absolute atomic E-state index is 9.86. The number of rotatable bonds is 2. The van der Waals surface area contributed by atoms with Gasteiger partial charge in [-0.2, -0.15) is 0 Å². The number of hydrogen-bond acceptors (Lipinski definition) is 3. The summed E-state index contributed by atoms with van der Waals surface area (Å²) < 4.78 is 5.28. The minimum absolute atomic E-state index is 0.344. The summed E-state index contributed by atoms with van der Waals surface area (Å²) in [7, 11) is 0. The van der Waals surface area contributed by atoms with Crippen molar-refractivity contribution in [3.63, 3.8) is 0 Å². The molecular weight excluding hydrogens is 154 g/mol. The molecule has 0 spiro atoms. The molecule has 68 valence electrons. The fourth-order valence-electron chi connectivity index (χ4n) is 0.931. The third-order valence-electron chi connectivity index (χ3n) is 2.13. The monoisotopic (exact) mass is 169 g/mol. The van der Waals surface area contributed by atoms with Crippen molar-refractivity contribution in [2.45, 2.75) is 32.4 Å². The molecule has 2 unspecified atom stereocenters. The first kappa shape index (κ1) is 9.29. The van der Waals surface area contributed by atoms with Crippen LogP contribution in [-0.2, 0) is 5.60 Å². The van der Waals surface area contributed by atoms with Gasteiger partial charge in [0.15, 0.2) is 0 Å². The molecule has 1 aromatic rings. The number of nitrogens with two attached hydrogens (primary N) is 1. The van der Waals surface area contributed by atoms with Crippen molar-refractivity contribution in [2.24, 2.45) is 5.73 Å². The Morgan fingerprint density at radius 2 is 2.17 bits per heavy atom. The number of aliphatic hydroxyl groups is 1. The molecule has 3 heteroatoms. The highest BCUT2D eigenvalue weighted by molar-refractivity contribution is 5.14. The maximum Gasteiger partial charge on any atom is 0.137 e. The van der Waals surface area contributed by atoms with Gasteiger partial charge < -0.3 is 15.3 Å². The standard InChI is InChI=1S/C9H15NO2/c1-6-4-5-8(12-6)9(3,11)7(2)10/h4-5,7,11H,10H2,1-3H3. The topological polar surface area (TPSA) is 59.4 Å². The van der Waals surface area contributed by atoms with E-state index in [-0.39, 0.29) is 6.04 Å². The van der Waals surface area contributed by atoms with Crippen LogP contribution in [0.1, 0.15) is 25.4 Å². The average molecular weight is 169 g/mol. The van der Waals surface area contributed by atoms with Crippen molar-refractivity contribution in [1.82, 2.24) is 0 Å². The molecule has 1 aromatic heterocycles. The summed E-state index contributed by atoms with van der Waals surface area (Å²) in [5, 5.41) is 9.86. The van der Waals surface area contributed by atoms with E-state index in [1.165, 1.54) is 0 Å². The van der Waals surface area contributed by atoms with Crippen LogP contribution in [0.25, 0.3) is 0 Å². The van der Waals surface area contributed by atoms with E-state index in [4.69, 9.17) is 10.2 Å². The predicted molar refractivity (Wildman–Crippen MR) is 46.7 cm³/mol. The zero-order chi connectivity index (χ0) is 9.35. The van der Waals surface area contributed by atoms with Gasteiger partial charge in [-0.25, -0.2) is 0 Å². The fourth-order valence-corrected chi connectivity index (χ4v) is 0.931. The Balaban J connectivity index is 2.97. The molecule has 12 heavy (non-hydrogen) atoms. The van der Waals surface area contributed by atoms with Gasteiger partial charge in [-0.05, 0) is 32.9 Å². The molecule has 0 fully saturated rings. The molecule has 0 aliphatic heterocycles. The lowest BCUT2D eigenvalue weighted by Gasteiger charge is -2.24. The van der Waals surface area contributed by atoms with Gasteiger partial charge in [0.1, 0.15) is 17.1 Å². The van der Waals surface area contributed by atoms with E-state index < -0.39 is 5.60 Å². The Morgan fingerprint density at radius 3 is 2.50 bits per heavy atom. The van der Waals surface area contributed by atoms with Crippen LogP contribution in [0.15, 0.2) is 16.5 Å². The van der Waals surface area contributed by atoms with Crippen LogP contribution in [0, 0.1) is 6.92 Å². The molecule has 0 saturated heterocycles. The molecule has 1 rings (SSSR count). The number of furan rings is 1. The molecule has 2 atom stereocenters. The SMILES string of the molecule is Cc1ccc(C(C)(O)C(C)N)o1. The Bertz CT molecular complexity index is 263. The molecule has 0 aromatic carbocycles. The van der Waals surface area contributed by atoms with Gasteiger partial charge in [-0.1, -0.05) is 0 Å². The molecular formula is C9H15NO2. The van der Waals surface area contributed by atoms with Crippen molar-refractivity contribution in [2.75, 3.05) is 0 Å². The van der Waals surface area contributed by atoms with E-state index >= 15 is 0 Å². The van der Waals surface area contributed by atoms with Crippen LogP contribution in [-0.4, -0.2) is 11.1 Å². The van der Waals surface area contributed by atoms with Crippen LogP contribution in [0.4, 0.5) is 0 Å². The summed E-state index contributed by atoms with van der Waals surface area (Å²) in [5.41, 5.74) is 4.53. The second-order valence-corrected chi connectivity index (χ2v) is 3.35. The normalized spacial score (nSPS) is 18.8. The summed E-state index contributed by atoms with van der Waals surface area (Å²) >= 11 is 0. The summed E-state index contributed by atoms with van der Waals surface area (Å²) in [5.74, 6) is 1.31. The molecule has 1 heterocycles. The minimum atomic E-state index is -1.08. The predicted octanol–water partition coefficient (Wildman–Crippen LogP) is 1.14. The van der Waals surface area contributed by atoms with Crippen molar-refractivity contribution in [3.8, 4) is 0 Å². The zero-order valence-corrected chi connectivity index (χ0v) is 7.66. The maximum atomic E-state index is 9.86. The lowest BCUT2D eigenvalue weighted by molar-refractivity contribution is 0.0127. The molecule has 3 nitrogen and oxygen atoms in total. The van der Waals surface area contributed by atoms with Gasteiger partial charge in [0.2, 0.25) is 0 Å².